The van der Waals surface area contributed by atoms with E-state index in [0.29, 0.717) is 31.2 Å². The summed E-state index contributed by atoms with van der Waals surface area (Å²) in [6.07, 6.45) is 1.43. The van der Waals surface area contributed by atoms with Crippen LogP contribution in [-0.4, -0.2) is 108 Å². The minimum absolute atomic E-state index is 0.0528. The SMILES string of the molecule is Cc1nnc(SCC2=C(C(=O)O)N3C(=O)[C@H](NC(=O)C(NC(=O)N4CCN(/N=C/c5ccccc5)C(=O)C4=O)c4cccs4)C3SC2)s1. The number of aliphatic carboxylic acids is 1. The lowest BCUT2D eigenvalue weighted by Gasteiger charge is -2.49. The van der Waals surface area contributed by atoms with Gasteiger partial charge in [-0.15, -0.1) is 33.3 Å². The van der Waals surface area contributed by atoms with Crippen LogP contribution in [0.3, 0.4) is 0 Å². The molecule has 0 aliphatic carbocycles. The molecular formula is C29H26N8O7S4. The van der Waals surface area contributed by atoms with Crippen molar-refractivity contribution in [2.45, 2.75) is 28.7 Å². The van der Waals surface area contributed by atoms with Crippen LogP contribution in [0.5, 0.6) is 0 Å². The number of aryl methyl sites for hydroxylation is 1. The number of benzene rings is 1. The van der Waals surface area contributed by atoms with Gasteiger partial charge in [0.1, 0.15) is 28.2 Å². The third kappa shape index (κ3) is 6.84. The number of carboxylic acid groups (broad SMARTS) is 1. The first kappa shape index (κ1) is 33.3. The number of thiophene rings is 1. The summed E-state index contributed by atoms with van der Waals surface area (Å²) in [5.41, 5.74) is 1.15. The molecule has 0 bridgehead atoms. The van der Waals surface area contributed by atoms with E-state index in [2.05, 4.69) is 25.9 Å². The van der Waals surface area contributed by atoms with Crippen LogP contribution in [-0.2, 0) is 24.0 Å². The Kier molecular flexibility index (Phi) is 9.90. The molecule has 0 spiro atoms. The summed E-state index contributed by atoms with van der Waals surface area (Å²) < 4.78 is 0.683. The number of piperazine rings is 1. The zero-order valence-corrected chi connectivity index (χ0v) is 28.2. The molecule has 3 aliphatic rings. The quantitative estimate of drug-likeness (QED) is 0.120. The lowest BCUT2D eigenvalue weighted by Crippen LogP contribution is -2.71. The van der Waals surface area contributed by atoms with Crippen LogP contribution in [0.25, 0.3) is 0 Å². The fourth-order valence-corrected chi connectivity index (χ4v) is 9.12. The number of hydrazone groups is 1. The lowest BCUT2D eigenvalue weighted by molar-refractivity contribution is -0.153. The van der Waals surface area contributed by atoms with Crippen molar-refractivity contribution in [2.75, 3.05) is 24.6 Å². The van der Waals surface area contributed by atoms with Crippen molar-refractivity contribution in [1.29, 1.82) is 0 Å². The van der Waals surface area contributed by atoms with E-state index in [-0.39, 0.29) is 18.8 Å². The van der Waals surface area contributed by atoms with Gasteiger partial charge in [0.05, 0.1) is 19.3 Å². The first-order valence-corrected chi connectivity index (χ1v) is 18.0. The molecule has 2 unspecified atom stereocenters. The van der Waals surface area contributed by atoms with Crippen molar-refractivity contribution in [3.8, 4) is 0 Å². The summed E-state index contributed by atoms with van der Waals surface area (Å²) in [5, 5.41) is 30.0. The molecule has 3 N–H and O–H groups in total. The number of imide groups is 1. The molecule has 0 saturated carbocycles. The first-order chi connectivity index (χ1) is 23.1. The predicted molar refractivity (Wildman–Crippen MR) is 178 cm³/mol. The second kappa shape index (κ2) is 14.3. The number of nitrogens with one attached hydrogen (secondary N) is 2. The highest BCUT2D eigenvalue weighted by Gasteiger charge is 2.54. The molecule has 2 aromatic heterocycles. The number of amides is 6. The number of rotatable bonds is 10. The number of carboxylic acids is 1. The normalized spacial score (nSPS) is 20.1. The summed E-state index contributed by atoms with van der Waals surface area (Å²) in [7, 11) is 0. The molecule has 0 radical (unpaired) electrons. The zero-order chi connectivity index (χ0) is 33.9. The Morgan fingerprint density at radius 3 is 2.58 bits per heavy atom. The molecule has 5 heterocycles. The van der Waals surface area contributed by atoms with Crippen LogP contribution in [0.2, 0.25) is 0 Å². The molecule has 3 aliphatic heterocycles. The lowest BCUT2D eigenvalue weighted by atomic mass is 10.0. The van der Waals surface area contributed by atoms with E-state index in [1.54, 1.807) is 41.8 Å². The fraction of sp³-hybridized carbons (Fsp3) is 0.276. The first-order valence-electron chi connectivity index (χ1n) is 14.3. The number of carbonyl (C=O) groups excluding carboxylic acids is 5. The molecular weight excluding hydrogens is 701 g/mol. The molecule has 248 valence electrons. The molecule has 48 heavy (non-hydrogen) atoms. The molecule has 19 heteroatoms. The van der Waals surface area contributed by atoms with Crippen LogP contribution in [0.4, 0.5) is 4.79 Å². The van der Waals surface area contributed by atoms with Crippen molar-refractivity contribution in [3.63, 3.8) is 0 Å². The van der Waals surface area contributed by atoms with E-state index in [4.69, 9.17) is 0 Å². The van der Waals surface area contributed by atoms with Crippen molar-refractivity contribution in [3.05, 3.63) is 74.6 Å². The Hall–Kier alpha value is -4.59. The maximum absolute atomic E-state index is 13.6. The van der Waals surface area contributed by atoms with Gasteiger partial charge < -0.3 is 15.7 Å². The molecule has 2 fully saturated rings. The van der Waals surface area contributed by atoms with Crippen molar-refractivity contribution in [2.24, 2.45) is 5.10 Å². The van der Waals surface area contributed by atoms with Gasteiger partial charge in [-0.1, -0.05) is 59.5 Å². The van der Waals surface area contributed by atoms with Gasteiger partial charge in [-0.3, -0.25) is 29.0 Å². The number of carbonyl (C=O) groups is 6. The average Bonchev–Trinajstić information content (AvgIpc) is 3.77. The van der Waals surface area contributed by atoms with Gasteiger partial charge in [0.25, 0.3) is 5.91 Å². The molecule has 3 atom stereocenters. The predicted octanol–water partition coefficient (Wildman–Crippen LogP) is 1.89. The third-order valence-corrected chi connectivity index (χ3v) is 11.7. The molecule has 6 rings (SSSR count). The number of urea groups is 1. The van der Waals surface area contributed by atoms with Crippen molar-refractivity contribution in [1.82, 2.24) is 35.6 Å². The van der Waals surface area contributed by atoms with Crippen LogP contribution < -0.4 is 10.6 Å². The zero-order valence-electron chi connectivity index (χ0n) is 25.0. The maximum atomic E-state index is 13.6. The van der Waals surface area contributed by atoms with Gasteiger partial charge in [-0.2, -0.15) is 5.10 Å². The van der Waals surface area contributed by atoms with E-state index in [9.17, 15) is 33.9 Å². The molecule has 15 nitrogen and oxygen atoms in total. The summed E-state index contributed by atoms with van der Waals surface area (Å²) in [5.74, 6) is -4.08. The third-order valence-electron chi connectivity index (χ3n) is 7.37. The Morgan fingerprint density at radius 2 is 1.90 bits per heavy atom. The number of thioether (sulfide) groups is 2. The minimum atomic E-state index is -1.30. The van der Waals surface area contributed by atoms with Crippen LogP contribution in [0.15, 0.2) is 68.6 Å². The van der Waals surface area contributed by atoms with Gasteiger partial charge in [0.15, 0.2) is 4.34 Å². The topological polar surface area (TPSA) is 195 Å². The van der Waals surface area contributed by atoms with E-state index >= 15 is 0 Å². The molecule has 6 amide bonds. The maximum Gasteiger partial charge on any atom is 0.352 e. The summed E-state index contributed by atoms with van der Waals surface area (Å²) in [6.45, 7) is 1.60. The summed E-state index contributed by atoms with van der Waals surface area (Å²) in [6, 6.07) is 8.94. The monoisotopic (exact) mass is 726 g/mol. The summed E-state index contributed by atoms with van der Waals surface area (Å²) >= 11 is 5.21. The number of fused-ring (bicyclic) bond motifs is 1. The fourth-order valence-electron chi connectivity index (χ4n) is 5.04. The Bertz CT molecular complexity index is 1830. The van der Waals surface area contributed by atoms with E-state index in [1.165, 1.54) is 57.3 Å². The summed E-state index contributed by atoms with van der Waals surface area (Å²) in [4.78, 5) is 80.4. The number of aromatic nitrogens is 2. The number of hydrogen-bond donors (Lipinski definition) is 3. The van der Waals surface area contributed by atoms with Crippen molar-refractivity contribution < 1.29 is 33.9 Å². The van der Waals surface area contributed by atoms with Gasteiger partial charge in [0, 0.05) is 16.4 Å². The molecule has 2 saturated heterocycles. The van der Waals surface area contributed by atoms with Crippen LogP contribution in [0, 0.1) is 6.92 Å². The second-order valence-electron chi connectivity index (χ2n) is 10.5. The van der Waals surface area contributed by atoms with Crippen molar-refractivity contribution >= 4 is 88.0 Å². The Labute approximate surface area is 289 Å². The number of hydrogen-bond acceptors (Lipinski definition) is 13. The van der Waals surface area contributed by atoms with Crippen LogP contribution >= 0.6 is 46.2 Å². The smallest absolute Gasteiger partial charge is 0.352 e. The van der Waals surface area contributed by atoms with E-state index in [1.807, 2.05) is 13.0 Å². The van der Waals surface area contributed by atoms with Gasteiger partial charge in [-0.25, -0.2) is 14.6 Å². The Morgan fingerprint density at radius 1 is 1.10 bits per heavy atom. The van der Waals surface area contributed by atoms with E-state index < -0.39 is 53.1 Å². The minimum Gasteiger partial charge on any atom is -0.477 e. The van der Waals surface area contributed by atoms with Gasteiger partial charge in [0.2, 0.25) is 5.91 Å². The molecule has 3 aromatic rings. The highest BCUT2D eigenvalue weighted by molar-refractivity contribution is 8.01. The molecule has 1 aromatic carbocycles. The van der Waals surface area contributed by atoms with Gasteiger partial charge >= 0.3 is 23.8 Å². The number of β-lactam (4-membered cyclic amide) rings is 1. The van der Waals surface area contributed by atoms with Gasteiger partial charge in [-0.05, 0) is 29.5 Å². The highest BCUT2D eigenvalue weighted by Crippen LogP contribution is 2.42. The average molecular weight is 727 g/mol. The second-order valence-corrected chi connectivity index (χ2v) is 15.0. The van der Waals surface area contributed by atoms with E-state index in [0.717, 1.165) is 15.6 Å². The standard InChI is InChI=1S/C29H26N8O7S4/c1-15-33-34-29(48-15)47-14-17-13-46-26-20(23(39)37(26)21(17)27(42)43)31-22(38)19(18-8-5-11-45-18)32-28(44)35-9-10-36(25(41)24(35)40)30-12-16-6-3-2-4-7-16/h2-8,11-12,19-20,26H,9-10,13-14H2,1H3,(H,31,38)(H,32,44)(H,42,43)/b30-12+/t19?,20-,26?/m0/s1. The number of nitrogens with zero attached hydrogens (tertiary/aromatic N) is 6. The highest BCUT2D eigenvalue weighted by atomic mass is 32.2. The largest absolute Gasteiger partial charge is 0.477 e. The Balaban J connectivity index is 1.11. The van der Waals surface area contributed by atoms with Crippen LogP contribution in [0.1, 0.15) is 21.5 Å².